The third-order valence-corrected chi connectivity index (χ3v) is 3.29. The molecule has 1 rings (SSSR count). The molecule has 0 N–H and O–H groups in total. The maximum absolute atomic E-state index is 11.2. The molecule has 1 aromatic rings. The Bertz CT molecular complexity index is 329. The van der Waals surface area contributed by atoms with Gasteiger partial charge in [-0.15, -0.1) is 0 Å². The first-order valence-electron chi connectivity index (χ1n) is 3.80. The Morgan fingerprint density at radius 3 is 2.17 bits per heavy atom. The highest BCUT2D eigenvalue weighted by molar-refractivity contribution is 14.1. The lowest BCUT2D eigenvalue weighted by Gasteiger charge is -2.06. The molecule has 0 heterocycles. The molecule has 1 nitrogen and oxygen atoms in total. The third-order valence-electron chi connectivity index (χ3n) is 1.90. The number of hydrogen-bond donors (Lipinski definition) is 0. The van der Waals surface area contributed by atoms with Gasteiger partial charge in [0.1, 0.15) is 0 Å². The second-order valence-electron chi connectivity index (χ2n) is 2.94. The van der Waals surface area contributed by atoms with Gasteiger partial charge in [0.25, 0.3) is 0 Å². The van der Waals surface area contributed by atoms with Crippen LogP contribution in [0.3, 0.4) is 0 Å². The first kappa shape index (κ1) is 9.71. The highest BCUT2D eigenvalue weighted by Gasteiger charge is 2.09. The van der Waals surface area contributed by atoms with Crippen molar-refractivity contribution in [2.24, 2.45) is 0 Å². The van der Waals surface area contributed by atoms with Gasteiger partial charge in [-0.1, -0.05) is 12.1 Å². The molecule has 0 bridgehead atoms. The number of Topliss-reactive ketones (excluding diaryl/α,β-unsaturated/α-hetero) is 1. The Hall–Kier alpha value is -0.380. The zero-order chi connectivity index (χ0) is 9.30. The van der Waals surface area contributed by atoms with Crippen LogP contribution in [0.4, 0.5) is 0 Å². The second kappa shape index (κ2) is 3.56. The predicted molar refractivity (Wildman–Crippen MR) is 58.6 cm³/mol. The standard InChI is InChI=1S/C10H11IO/c1-6-4-5-7(2)10(11)9(6)8(3)12/h4-5H,1-3H3. The lowest BCUT2D eigenvalue weighted by atomic mass is 10.0. The Morgan fingerprint density at radius 2 is 1.75 bits per heavy atom. The van der Waals surface area contributed by atoms with Gasteiger partial charge in [-0.05, 0) is 54.5 Å². The van der Waals surface area contributed by atoms with Crippen LogP contribution >= 0.6 is 22.6 Å². The van der Waals surface area contributed by atoms with Crippen LogP contribution in [-0.2, 0) is 0 Å². The smallest absolute Gasteiger partial charge is 0.161 e. The summed E-state index contributed by atoms with van der Waals surface area (Å²) in [6.07, 6.45) is 0. The summed E-state index contributed by atoms with van der Waals surface area (Å²) < 4.78 is 1.08. The van der Waals surface area contributed by atoms with Gasteiger partial charge in [0, 0.05) is 9.13 Å². The van der Waals surface area contributed by atoms with Gasteiger partial charge in [-0.2, -0.15) is 0 Å². The molecule has 0 aliphatic rings. The number of carbonyl (C=O) groups is 1. The fourth-order valence-electron chi connectivity index (χ4n) is 1.21. The molecule has 0 amide bonds. The Morgan fingerprint density at radius 1 is 1.25 bits per heavy atom. The minimum atomic E-state index is 0.153. The molecule has 0 aromatic heterocycles. The van der Waals surface area contributed by atoms with Gasteiger partial charge >= 0.3 is 0 Å². The van der Waals surface area contributed by atoms with Crippen molar-refractivity contribution in [2.75, 3.05) is 0 Å². The monoisotopic (exact) mass is 274 g/mol. The minimum Gasteiger partial charge on any atom is -0.294 e. The molecule has 0 unspecified atom stereocenters. The number of ketones is 1. The molecule has 64 valence electrons. The molecule has 0 aliphatic carbocycles. The maximum Gasteiger partial charge on any atom is 0.161 e. The average molecular weight is 274 g/mol. The van der Waals surface area contributed by atoms with E-state index in [1.807, 2.05) is 26.0 Å². The maximum atomic E-state index is 11.2. The van der Waals surface area contributed by atoms with E-state index in [0.29, 0.717) is 0 Å². The molecule has 0 saturated carbocycles. The van der Waals surface area contributed by atoms with E-state index in [2.05, 4.69) is 22.6 Å². The van der Waals surface area contributed by atoms with Crippen LogP contribution in [0, 0.1) is 17.4 Å². The number of benzene rings is 1. The van der Waals surface area contributed by atoms with Gasteiger partial charge in [0.2, 0.25) is 0 Å². The summed E-state index contributed by atoms with van der Waals surface area (Å²) in [6.45, 7) is 5.61. The predicted octanol–water partition coefficient (Wildman–Crippen LogP) is 3.11. The largest absolute Gasteiger partial charge is 0.294 e. The van der Waals surface area contributed by atoms with Crippen molar-refractivity contribution in [2.45, 2.75) is 20.8 Å². The number of halogens is 1. The van der Waals surface area contributed by atoms with E-state index in [-0.39, 0.29) is 5.78 Å². The highest BCUT2D eigenvalue weighted by Crippen LogP contribution is 2.20. The number of aryl methyl sites for hydroxylation is 2. The van der Waals surface area contributed by atoms with Crippen LogP contribution in [0.25, 0.3) is 0 Å². The zero-order valence-electron chi connectivity index (χ0n) is 7.44. The summed E-state index contributed by atoms with van der Waals surface area (Å²) in [6, 6.07) is 4.04. The molecule has 2 heteroatoms. The van der Waals surface area contributed by atoms with Gasteiger partial charge in [0.05, 0.1) is 0 Å². The van der Waals surface area contributed by atoms with E-state index in [9.17, 15) is 4.79 Å². The number of carbonyl (C=O) groups excluding carboxylic acids is 1. The van der Waals surface area contributed by atoms with Gasteiger partial charge < -0.3 is 0 Å². The zero-order valence-corrected chi connectivity index (χ0v) is 9.60. The van der Waals surface area contributed by atoms with Crippen molar-refractivity contribution in [1.82, 2.24) is 0 Å². The Labute approximate surface area is 86.3 Å². The van der Waals surface area contributed by atoms with E-state index >= 15 is 0 Å². The van der Waals surface area contributed by atoms with E-state index in [4.69, 9.17) is 0 Å². The summed E-state index contributed by atoms with van der Waals surface area (Å²) in [4.78, 5) is 11.2. The van der Waals surface area contributed by atoms with Crippen LogP contribution < -0.4 is 0 Å². The lowest BCUT2D eigenvalue weighted by molar-refractivity contribution is 0.101. The van der Waals surface area contributed by atoms with E-state index in [1.165, 1.54) is 5.56 Å². The van der Waals surface area contributed by atoms with Crippen molar-refractivity contribution >= 4 is 28.4 Å². The summed E-state index contributed by atoms with van der Waals surface area (Å²) in [5.74, 6) is 0.153. The summed E-state index contributed by atoms with van der Waals surface area (Å²) in [5, 5.41) is 0. The third kappa shape index (κ3) is 1.68. The van der Waals surface area contributed by atoms with Crippen molar-refractivity contribution in [3.05, 3.63) is 32.4 Å². The molecule has 0 spiro atoms. The van der Waals surface area contributed by atoms with Crippen molar-refractivity contribution in [3.63, 3.8) is 0 Å². The molecule has 1 aromatic carbocycles. The van der Waals surface area contributed by atoms with Crippen LogP contribution in [-0.4, -0.2) is 5.78 Å². The number of hydrogen-bond acceptors (Lipinski definition) is 1. The van der Waals surface area contributed by atoms with Gasteiger partial charge in [-0.3, -0.25) is 4.79 Å². The molecule has 0 radical (unpaired) electrons. The normalized spacial score (nSPS) is 10.0. The Kier molecular flexibility index (Phi) is 2.88. The van der Waals surface area contributed by atoms with Crippen LogP contribution in [0.5, 0.6) is 0 Å². The minimum absolute atomic E-state index is 0.153. The summed E-state index contributed by atoms with van der Waals surface area (Å²) in [5.41, 5.74) is 3.11. The SMILES string of the molecule is CC(=O)c1c(C)ccc(C)c1I. The first-order chi connectivity index (χ1) is 5.54. The molecule has 12 heavy (non-hydrogen) atoms. The molecule has 0 aliphatic heterocycles. The lowest BCUT2D eigenvalue weighted by Crippen LogP contribution is -2.01. The number of rotatable bonds is 1. The van der Waals surface area contributed by atoms with E-state index < -0.39 is 0 Å². The van der Waals surface area contributed by atoms with Gasteiger partial charge in [-0.25, -0.2) is 0 Å². The Balaban J connectivity index is 3.43. The van der Waals surface area contributed by atoms with Crippen molar-refractivity contribution in [3.8, 4) is 0 Å². The van der Waals surface area contributed by atoms with Crippen LogP contribution in [0.15, 0.2) is 12.1 Å². The molecular formula is C10H11IO. The highest BCUT2D eigenvalue weighted by atomic mass is 127. The van der Waals surface area contributed by atoms with Crippen molar-refractivity contribution in [1.29, 1.82) is 0 Å². The molecular weight excluding hydrogens is 263 g/mol. The van der Waals surface area contributed by atoms with E-state index in [1.54, 1.807) is 6.92 Å². The fourth-order valence-corrected chi connectivity index (χ4v) is 2.19. The van der Waals surface area contributed by atoms with Gasteiger partial charge in [0.15, 0.2) is 5.78 Å². The van der Waals surface area contributed by atoms with Crippen molar-refractivity contribution < 1.29 is 4.79 Å². The topological polar surface area (TPSA) is 17.1 Å². The van der Waals surface area contributed by atoms with Crippen LogP contribution in [0.2, 0.25) is 0 Å². The fraction of sp³-hybridized carbons (Fsp3) is 0.300. The second-order valence-corrected chi connectivity index (χ2v) is 4.02. The molecule has 0 fully saturated rings. The summed E-state index contributed by atoms with van der Waals surface area (Å²) in [7, 11) is 0. The summed E-state index contributed by atoms with van der Waals surface area (Å²) >= 11 is 2.22. The van der Waals surface area contributed by atoms with Crippen LogP contribution in [0.1, 0.15) is 28.4 Å². The quantitative estimate of drug-likeness (QED) is 0.568. The average Bonchev–Trinajstić information content (AvgIpc) is 1.97. The van der Waals surface area contributed by atoms with E-state index in [0.717, 1.165) is 14.7 Å². The molecule has 0 atom stereocenters. The molecule has 0 saturated heterocycles. The first-order valence-corrected chi connectivity index (χ1v) is 4.88.